The van der Waals surface area contributed by atoms with Gasteiger partial charge < -0.3 is 14.9 Å². The van der Waals surface area contributed by atoms with E-state index >= 15 is 0 Å². The molecule has 1 N–H and O–H groups in total. The van der Waals surface area contributed by atoms with Crippen LogP contribution in [0.3, 0.4) is 0 Å². The van der Waals surface area contributed by atoms with Gasteiger partial charge in [0.2, 0.25) is 0 Å². The monoisotopic (exact) mass is 330 g/mol. The Labute approximate surface area is 141 Å². The molecule has 2 saturated heterocycles. The minimum absolute atomic E-state index is 0.206. The highest BCUT2D eigenvalue weighted by Crippen LogP contribution is 2.34. The minimum atomic E-state index is -0.332. The topological polar surface area (TPSA) is 76.0 Å². The standard InChI is InChI=1S/C17H22N4O3/c22-16(19-14-2-1-5-18-9-14)15-8-17(24-20-15)4-6-21(12-17)10-13-3-7-23-11-13/h1-2,5,9,13H,3-4,6-8,10-12H2,(H,19,22)/t13-,17+/m0/s1. The highest BCUT2D eigenvalue weighted by molar-refractivity contribution is 6.43. The maximum atomic E-state index is 12.3. The molecule has 3 aliphatic heterocycles. The summed E-state index contributed by atoms with van der Waals surface area (Å²) in [7, 11) is 0. The van der Waals surface area contributed by atoms with Crippen LogP contribution < -0.4 is 5.32 Å². The third-order valence-electron chi connectivity index (χ3n) is 4.96. The Morgan fingerprint density at radius 1 is 1.50 bits per heavy atom. The summed E-state index contributed by atoms with van der Waals surface area (Å²) in [6, 6.07) is 3.59. The van der Waals surface area contributed by atoms with Gasteiger partial charge in [-0.25, -0.2) is 0 Å². The first-order chi connectivity index (χ1) is 11.7. The third kappa shape index (κ3) is 3.27. The summed E-state index contributed by atoms with van der Waals surface area (Å²) in [5.41, 5.74) is 0.798. The number of hydrogen-bond donors (Lipinski definition) is 1. The Kier molecular flexibility index (Phi) is 4.20. The summed E-state index contributed by atoms with van der Waals surface area (Å²) in [4.78, 5) is 24.4. The van der Waals surface area contributed by atoms with Crippen LogP contribution in [0.15, 0.2) is 29.7 Å². The average molecular weight is 330 g/mol. The Morgan fingerprint density at radius 2 is 2.46 bits per heavy atom. The summed E-state index contributed by atoms with van der Waals surface area (Å²) in [5.74, 6) is 0.415. The van der Waals surface area contributed by atoms with Crippen molar-refractivity contribution in [1.82, 2.24) is 9.88 Å². The Morgan fingerprint density at radius 3 is 3.25 bits per heavy atom. The fraction of sp³-hybridized carbons (Fsp3) is 0.588. The molecule has 0 saturated carbocycles. The van der Waals surface area contributed by atoms with E-state index in [1.165, 1.54) is 0 Å². The molecule has 7 heteroatoms. The first-order valence-corrected chi connectivity index (χ1v) is 8.49. The second-order valence-corrected chi connectivity index (χ2v) is 6.90. The van der Waals surface area contributed by atoms with Crippen molar-refractivity contribution in [2.24, 2.45) is 11.1 Å². The fourth-order valence-corrected chi connectivity index (χ4v) is 3.68. The van der Waals surface area contributed by atoms with Crippen molar-refractivity contribution in [2.45, 2.75) is 24.9 Å². The number of aromatic nitrogens is 1. The number of ether oxygens (including phenoxy) is 1. The Hall–Kier alpha value is -1.99. The van der Waals surface area contributed by atoms with Crippen LogP contribution in [0.2, 0.25) is 0 Å². The molecule has 2 fully saturated rings. The number of nitrogens with one attached hydrogen (secondary N) is 1. The lowest BCUT2D eigenvalue weighted by Crippen LogP contribution is -2.36. The van der Waals surface area contributed by atoms with Crippen molar-refractivity contribution >= 4 is 17.3 Å². The highest BCUT2D eigenvalue weighted by Gasteiger charge is 2.46. The molecule has 0 bridgehead atoms. The summed E-state index contributed by atoms with van der Waals surface area (Å²) < 4.78 is 5.45. The fourth-order valence-electron chi connectivity index (χ4n) is 3.68. The third-order valence-corrected chi connectivity index (χ3v) is 4.96. The van der Waals surface area contributed by atoms with Crippen molar-refractivity contribution in [2.75, 3.05) is 38.2 Å². The zero-order valence-corrected chi connectivity index (χ0v) is 13.6. The Bertz CT molecular complexity index is 630. The van der Waals surface area contributed by atoms with Gasteiger partial charge in [-0.2, -0.15) is 0 Å². The average Bonchev–Trinajstić information content (AvgIpc) is 3.32. The molecule has 7 nitrogen and oxygen atoms in total. The lowest BCUT2D eigenvalue weighted by atomic mass is 9.96. The van der Waals surface area contributed by atoms with Crippen molar-refractivity contribution in [1.29, 1.82) is 0 Å². The van der Waals surface area contributed by atoms with Gasteiger partial charge in [0.15, 0.2) is 5.60 Å². The van der Waals surface area contributed by atoms with E-state index in [-0.39, 0.29) is 11.5 Å². The molecule has 4 rings (SSSR count). The molecule has 1 aromatic heterocycles. The number of amides is 1. The van der Waals surface area contributed by atoms with Gasteiger partial charge >= 0.3 is 0 Å². The summed E-state index contributed by atoms with van der Waals surface area (Å²) in [5, 5.41) is 6.88. The van der Waals surface area contributed by atoms with E-state index in [2.05, 4.69) is 20.4 Å². The van der Waals surface area contributed by atoms with Gasteiger partial charge in [0.1, 0.15) is 5.71 Å². The second-order valence-electron chi connectivity index (χ2n) is 6.90. The second kappa shape index (κ2) is 6.49. The van der Waals surface area contributed by atoms with Crippen molar-refractivity contribution in [3.63, 3.8) is 0 Å². The molecule has 1 spiro atoms. The lowest BCUT2D eigenvalue weighted by Gasteiger charge is -2.23. The van der Waals surface area contributed by atoms with Gasteiger partial charge in [-0.15, -0.1) is 0 Å². The van der Waals surface area contributed by atoms with Gasteiger partial charge in [0.25, 0.3) is 5.91 Å². The molecule has 24 heavy (non-hydrogen) atoms. The number of oxime groups is 1. The number of anilines is 1. The van der Waals surface area contributed by atoms with Gasteiger partial charge in [-0.1, -0.05) is 5.16 Å². The highest BCUT2D eigenvalue weighted by atomic mass is 16.7. The van der Waals surface area contributed by atoms with Gasteiger partial charge in [-0.3, -0.25) is 14.7 Å². The normalized spacial score (nSPS) is 29.7. The van der Waals surface area contributed by atoms with E-state index in [0.29, 0.717) is 23.7 Å². The summed E-state index contributed by atoms with van der Waals surface area (Å²) in [6.07, 6.45) is 5.90. The lowest BCUT2D eigenvalue weighted by molar-refractivity contribution is -0.110. The molecular formula is C17H22N4O3. The van der Waals surface area contributed by atoms with Crippen LogP contribution in [-0.2, 0) is 14.4 Å². The molecule has 0 radical (unpaired) electrons. The maximum absolute atomic E-state index is 12.3. The minimum Gasteiger partial charge on any atom is -0.387 e. The van der Waals surface area contributed by atoms with E-state index in [4.69, 9.17) is 9.57 Å². The number of carbonyl (C=O) groups is 1. The van der Waals surface area contributed by atoms with Gasteiger partial charge in [-0.05, 0) is 24.5 Å². The molecule has 0 aromatic carbocycles. The zero-order valence-electron chi connectivity index (χ0n) is 13.6. The molecule has 1 amide bonds. The number of pyridine rings is 1. The van der Waals surface area contributed by atoms with Crippen LogP contribution in [0.25, 0.3) is 0 Å². The smallest absolute Gasteiger partial charge is 0.273 e. The van der Waals surface area contributed by atoms with Crippen LogP contribution in [0, 0.1) is 5.92 Å². The quantitative estimate of drug-likeness (QED) is 0.900. The van der Waals surface area contributed by atoms with Crippen LogP contribution in [0.1, 0.15) is 19.3 Å². The first-order valence-electron chi connectivity index (χ1n) is 8.49. The van der Waals surface area contributed by atoms with Crippen LogP contribution in [0.4, 0.5) is 5.69 Å². The van der Waals surface area contributed by atoms with Crippen molar-refractivity contribution in [3.8, 4) is 0 Å². The largest absolute Gasteiger partial charge is 0.387 e. The molecular weight excluding hydrogens is 308 g/mol. The predicted octanol–water partition coefficient (Wildman–Crippen LogP) is 1.28. The van der Waals surface area contributed by atoms with E-state index in [1.807, 2.05) is 0 Å². The van der Waals surface area contributed by atoms with E-state index in [9.17, 15) is 4.79 Å². The number of nitrogens with zero attached hydrogens (tertiary/aromatic N) is 3. The van der Waals surface area contributed by atoms with Crippen molar-refractivity contribution < 1.29 is 14.4 Å². The maximum Gasteiger partial charge on any atom is 0.273 e. The van der Waals surface area contributed by atoms with E-state index in [0.717, 1.165) is 45.7 Å². The SMILES string of the molecule is O=C(Nc1cccnc1)C1=NO[C@]2(CCN(C[C@@H]3CCOC3)C2)C1. The number of hydrogen-bond acceptors (Lipinski definition) is 6. The Balaban J connectivity index is 1.31. The number of likely N-dealkylation sites (tertiary alicyclic amines) is 1. The van der Waals surface area contributed by atoms with Crippen LogP contribution >= 0.6 is 0 Å². The molecule has 2 atom stereocenters. The molecule has 128 valence electrons. The number of rotatable bonds is 4. The molecule has 3 aliphatic rings. The zero-order chi connectivity index (χ0) is 16.4. The van der Waals surface area contributed by atoms with Gasteiger partial charge in [0.05, 0.1) is 18.5 Å². The van der Waals surface area contributed by atoms with Crippen LogP contribution in [-0.4, -0.2) is 60.0 Å². The summed E-state index contributed by atoms with van der Waals surface area (Å²) in [6.45, 7) is 4.60. The van der Waals surface area contributed by atoms with Crippen LogP contribution in [0.5, 0.6) is 0 Å². The molecule has 1 aromatic rings. The molecule has 0 unspecified atom stereocenters. The number of carbonyl (C=O) groups excluding carboxylic acids is 1. The molecule has 4 heterocycles. The van der Waals surface area contributed by atoms with E-state index < -0.39 is 0 Å². The van der Waals surface area contributed by atoms with E-state index in [1.54, 1.807) is 24.5 Å². The predicted molar refractivity (Wildman–Crippen MR) is 88.7 cm³/mol. The first kappa shape index (κ1) is 15.5. The summed E-state index contributed by atoms with van der Waals surface area (Å²) >= 11 is 0. The van der Waals surface area contributed by atoms with Crippen molar-refractivity contribution in [3.05, 3.63) is 24.5 Å². The molecule has 0 aliphatic carbocycles. The van der Waals surface area contributed by atoms with Gasteiger partial charge in [0, 0.05) is 45.3 Å².